The predicted molar refractivity (Wildman–Crippen MR) is 144 cm³/mol. The number of anilines is 2. The van der Waals surface area contributed by atoms with Crippen molar-refractivity contribution in [1.82, 2.24) is 4.31 Å². The number of hydrogen-bond donors (Lipinski definition) is 3. The molecule has 0 fully saturated rings. The van der Waals surface area contributed by atoms with Crippen LogP contribution in [0.25, 0.3) is 0 Å². The molecule has 0 spiro atoms. The number of carbonyl (C=O) groups is 1. The van der Waals surface area contributed by atoms with Crippen molar-refractivity contribution in [3.63, 3.8) is 0 Å². The van der Waals surface area contributed by atoms with Gasteiger partial charge in [-0.3, -0.25) is 4.79 Å². The fraction of sp³-hybridized carbons (Fsp3) is 0.321. The van der Waals surface area contributed by atoms with Crippen LogP contribution in [0.2, 0.25) is 0 Å². The number of benzene rings is 3. The molecule has 1 aliphatic heterocycles. The Bertz CT molecular complexity index is 1410. The Morgan fingerprint density at radius 1 is 1.16 bits per heavy atom. The van der Waals surface area contributed by atoms with Crippen LogP contribution in [0, 0.1) is 6.92 Å². The molecule has 37 heavy (non-hydrogen) atoms. The summed E-state index contributed by atoms with van der Waals surface area (Å²) in [4.78, 5) is 12.0. The monoisotopic (exact) mass is 523 g/mol. The summed E-state index contributed by atoms with van der Waals surface area (Å²) in [6, 6.07) is 17.9. The lowest BCUT2D eigenvalue weighted by atomic mass is 9.86. The van der Waals surface area contributed by atoms with Gasteiger partial charge in [0.15, 0.2) is 0 Å². The summed E-state index contributed by atoms with van der Waals surface area (Å²) < 4.78 is 34.8. The Morgan fingerprint density at radius 2 is 1.86 bits per heavy atom. The number of rotatable bonds is 8. The number of aryl methyl sites for hydroxylation is 1. The first-order chi connectivity index (χ1) is 17.6. The van der Waals surface area contributed by atoms with Gasteiger partial charge in [-0.05, 0) is 59.9 Å². The van der Waals surface area contributed by atoms with Crippen LogP contribution in [0.4, 0.5) is 11.4 Å². The van der Waals surface area contributed by atoms with Crippen molar-refractivity contribution in [3.05, 3.63) is 82.9 Å². The lowest BCUT2D eigenvalue weighted by Crippen LogP contribution is -2.36. The Morgan fingerprint density at radius 3 is 2.54 bits per heavy atom. The zero-order valence-corrected chi connectivity index (χ0v) is 22.1. The van der Waals surface area contributed by atoms with Crippen molar-refractivity contribution in [1.29, 1.82) is 0 Å². The van der Waals surface area contributed by atoms with E-state index < -0.39 is 21.9 Å². The number of nitrogen functional groups attached to an aromatic ring is 1. The molecule has 8 nitrogen and oxygen atoms in total. The molecular formula is C28H33N3O5S. The van der Waals surface area contributed by atoms with E-state index in [1.165, 1.54) is 4.31 Å². The van der Waals surface area contributed by atoms with E-state index in [-0.39, 0.29) is 30.5 Å². The molecular weight excluding hydrogens is 490 g/mol. The van der Waals surface area contributed by atoms with Gasteiger partial charge in [0.2, 0.25) is 10.0 Å². The van der Waals surface area contributed by atoms with Crippen molar-refractivity contribution >= 4 is 27.4 Å². The number of hydrogen-bond acceptors (Lipinski definition) is 6. The van der Waals surface area contributed by atoms with Crippen LogP contribution in [-0.2, 0) is 21.4 Å². The van der Waals surface area contributed by atoms with Gasteiger partial charge in [0.05, 0.1) is 24.3 Å². The third kappa shape index (κ3) is 5.57. The van der Waals surface area contributed by atoms with E-state index in [2.05, 4.69) is 5.32 Å². The number of nitrogens with one attached hydrogen (secondary N) is 1. The maximum Gasteiger partial charge on any atom is 0.304 e. The Kier molecular flexibility index (Phi) is 7.75. The maximum atomic E-state index is 13.6. The number of fused-ring (bicyclic) bond motifs is 1. The molecule has 0 aromatic heterocycles. The topological polar surface area (TPSA) is 122 Å². The fourth-order valence-corrected chi connectivity index (χ4v) is 6.27. The predicted octanol–water partition coefficient (Wildman–Crippen LogP) is 4.59. The third-order valence-corrected chi connectivity index (χ3v) is 8.72. The van der Waals surface area contributed by atoms with Gasteiger partial charge >= 0.3 is 5.97 Å². The highest BCUT2D eigenvalue weighted by Crippen LogP contribution is 2.35. The highest BCUT2D eigenvalue weighted by atomic mass is 32.2. The van der Waals surface area contributed by atoms with Gasteiger partial charge in [-0.15, -0.1) is 0 Å². The van der Waals surface area contributed by atoms with Gasteiger partial charge in [-0.25, -0.2) is 8.42 Å². The Hall–Kier alpha value is -3.56. The standard InChI is InChI=1S/C28H33N3O5S/c1-4-22-17-31(37(34,35)27-8-6-5-7-26(27)36-22)16-21-13-19(10-9-18(21)2)23(15-28(32)33)20-11-12-25(30-3)24(29)14-20/h5-14,22-23,30H,4,15-17,29H2,1-3H3,(H,32,33). The highest BCUT2D eigenvalue weighted by molar-refractivity contribution is 7.89. The SMILES string of the molecule is CCC1CN(Cc2cc(C(CC(=O)O)c3ccc(NC)c(N)c3)ccc2C)S(=O)(=O)c2ccccc2O1. The number of nitrogens with two attached hydrogens (primary N) is 1. The van der Waals surface area contributed by atoms with Crippen LogP contribution in [0.1, 0.15) is 47.9 Å². The molecule has 196 valence electrons. The first-order valence-electron chi connectivity index (χ1n) is 12.3. The summed E-state index contributed by atoms with van der Waals surface area (Å²) in [5.41, 5.74) is 10.8. The lowest BCUT2D eigenvalue weighted by molar-refractivity contribution is -0.137. The van der Waals surface area contributed by atoms with Crippen molar-refractivity contribution in [2.45, 2.75) is 50.2 Å². The van der Waals surface area contributed by atoms with Gasteiger partial charge < -0.3 is 20.9 Å². The molecule has 0 saturated heterocycles. The molecule has 0 aliphatic carbocycles. The maximum absolute atomic E-state index is 13.6. The summed E-state index contributed by atoms with van der Waals surface area (Å²) >= 11 is 0. The number of sulfonamides is 1. The molecule has 4 rings (SSSR count). The van der Waals surface area contributed by atoms with Crippen LogP contribution in [0.15, 0.2) is 65.6 Å². The van der Waals surface area contributed by atoms with Gasteiger partial charge in [0.25, 0.3) is 0 Å². The molecule has 0 radical (unpaired) electrons. The summed E-state index contributed by atoms with van der Waals surface area (Å²) in [5.74, 6) is -1.01. The molecule has 4 N–H and O–H groups in total. The van der Waals surface area contributed by atoms with Crippen molar-refractivity contribution < 1.29 is 23.1 Å². The Labute approximate surface area is 218 Å². The quantitative estimate of drug-likeness (QED) is 0.369. The molecule has 2 atom stereocenters. The summed E-state index contributed by atoms with van der Waals surface area (Å²) in [6.07, 6.45) is 0.252. The number of aliphatic carboxylic acids is 1. The fourth-order valence-electron chi connectivity index (χ4n) is 4.70. The van der Waals surface area contributed by atoms with Crippen LogP contribution >= 0.6 is 0 Å². The van der Waals surface area contributed by atoms with Gasteiger partial charge in [0.1, 0.15) is 16.7 Å². The normalized spacial score (nSPS) is 17.8. The minimum Gasteiger partial charge on any atom is -0.488 e. The average molecular weight is 524 g/mol. The molecule has 3 aromatic rings. The van der Waals surface area contributed by atoms with Crippen molar-refractivity contribution in [2.75, 3.05) is 24.6 Å². The third-order valence-electron chi connectivity index (χ3n) is 6.87. The molecule has 9 heteroatoms. The lowest BCUT2D eigenvalue weighted by Gasteiger charge is -2.24. The first-order valence-corrected chi connectivity index (χ1v) is 13.7. The number of nitrogens with zero attached hydrogens (tertiary/aromatic N) is 1. The molecule has 0 bridgehead atoms. The van der Waals surface area contributed by atoms with E-state index in [0.717, 1.165) is 27.9 Å². The first kappa shape index (κ1) is 26.5. The Balaban J connectivity index is 1.73. The molecule has 2 unspecified atom stereocenters. The zero-order chi connectivity index (χ0) is 26.7. The van der Waals surface area contributed by atoms with Crippen LogP contribution < -0.4 is 15.8 Å². The summed E-state index contributed by atoms with van der Waals surface area (Å²) in [6.45, 7) is 4.27. The van der Waals surface area contributed by atoms with Crippen LogP contribution in [0.5, 0.6) is 5.75 Å². The molecule has 1 aliphatic rings. The molecule has 1 heterocycles. The second-order valence-electron chi connectivity index (χ2n) is 9.33. The van der Waals surface area contributed by atoms with E-state index in [4.69, 9.17) is 10.5 Å². The highest BCUT2D eigenvalue weighted by Gasteiger charge is 2.34. The number of ether oxygens (including phenoxy) is 1. The van der Waals surface area contributed by atoms with Gasteiger partial charge in [-0.2, -0.15) is 4.31 Å². The largest absolute Gasteiger partial charge is 0.488 e. The molecule has 0 saturated carbocycles. The van der Waals surface area contributed by atoms with Crippen molar-refractivity contribution in [2.24, 2.45) is 0 Å². The van der Waals surface area contributed by atoms with E-state index in [1.54, 1.807) is 37.4 Å². The zero-order valence-electron chi connectivity index (χ0n) is 21.3. The van der Waals surface area contributed by atoms with E-state index in [0.29, 0.717) is 17.9 Å². The molecule has 0 amide bonds. The molecule has 3 aromatic carbocycles. The number of carboxylic acids is 1. The number of para-hydroxylation sites is 1. The summed E-state index contributed by atoms with van der Waals surface area (Å²) in [7, 11) is -2.03. The minimum absolute atomic E-state index is 0.123. The van der Waals surface area contributed by atoms with Crippen LogP contribution in [-0.4, -0.2) is 43.5 Å². The van der Waals surface area contributed by atoms with Crippen molar-refractivity contribution in [3.8, 4) is 5.75 Å². The number of carboxylic acid groups (broad SMARTS) is 1. The summed E-state index contributed by atoms with van der Waals surface area (Å²) in [5, 5.41) is 12.7. The average Bonchev–Trinajstić information content (AvgIpc) is 2.97. The van der Waals surface area contributed by atoms with E-state index in [1.807, 2.05) is 44.2 Å². The van der Waals surface area contributed by atoms with Gasteiger partial charge in [0, 0.05) is 19.5 Å². The van der Waals surface area contributed by atoms with E-state index in [9.17, 15) is 18.3 Å². The minimum atomic E-state index is -3.80. The van der Waals surface area contributed by atoms with Gasteiger partial charge in [-0.1, -0.05) is 43.3 Å². The van der Waals surface area contributed by atoms with Crippen LogP contribution in [0.3, 0.4) is 0 Å². The smallest absolute Gasteiger partial charge is 0.304 e. The second kappa shape index (κ2) is 10.8. The second-order valence-corrected chi connectivity index (χ2v) is 11.2. The van der Waals surface area contributed by atoms with E-state index >= 15 is 0 Å².